The molecule has 6 atom stereocenters. The fraction of sp³-hybridized carbons (Fsp3) is 0.947. The third kappa shape index (κ3) is 38.0. The summed E-state index contributed by atoms with van der Waals surface area (Å²) in [7, 11) is 0. The minimum Gasteiger partial charge on any atom is -0.462 e. The summed E-state index contributed by atoms with van der Waals surface area (Å²) in [6.45, 7) is 6.20. The van der Waals surface area contributed by atoms with Crippen LogP contribution in [0.2, 0.25) is 0 Å². The number of unbranched alkanes of at least 4 members (excludes halogenated alkanes) is 36. The minimum absolute atomic E-state index is 0.0730. The van der Waals surface area contributed by atoms with E-state index >= 15 is 0 Å². The van der Waals surface area contributed by atoms with E-state index in [-0.39, 0.29) is 44.5 Å². The third-order valence-electron chi connectivity index (χ3n) is 13.8. The highest BCUT2D eigenvalue weighted by molar-refractivity contribution is 5.75. The lowest BCUT2D eigenvalue weighted by molar-refractivity contribution is -0.299. The van der Waals surface area contributed by atoms with E-state index in [4.69, 9.17) is 18.9 Å². The predicted molar refractivity (Wildman–Crippen MR) is 277 cm³/mol. The first-order valence-corrected chi connectivity index (χ1v) is 29.2. The maximum atomic E-state index is 13.0. The average molecular weight is 968 g/mol. The first-order valence-electron chi connectivity index (χ1n) is 29.2. The molecule has 0 saturated carbocycles. The van der Waals surface area contributed by atoms with Gasteiger partial charge in [0.2, 0.25) is 5.91 Å². The number of ether oxygens (including phenoxy) is 4. The highest BCUT2D eigenvalue weighted by atomic mass is 16.7. The number of carbonyl (C=O) groups excluding carboxylic acids is 3. The molecule has 1 heterocycles. The van der Waals surface area contributed by atoms with Crippen molar-refractivity contribution in [2.45, 2.75) is 327 Å². The van der Waals surface area contributed by atoms with E-state index in [0.29, 0.717) is 12.8 Å². The fourth-order valence-corrected chi connectivity index (χ4v) is 9.22. The van der Waals surface area contributed by atoms with Gasteiger partial charge in [-0.15, -0.1) is 0 Å². The summed E-state index contributed by atoms with van der Waals surface area (Å²) >= 11 is 0. The minimum atomic E-state index is -1.59. The Morgan fingerprint density at radius 1 is 0.426 bits per heavy atom. The second-order valence-corrected chi connectivity index (χ2v) is 20.4. The van der Waals surface area contributed by atoms with Crippen LogP contribution in [0.15, 0.2) is 0 Å². The summed E-state index contributed by atoms with van der Waals surface area (Å²) in [6.07, 6.45) is 40.2. The molecule has 0 radical (unpaired) electrons. The van der Waals surface area contributed by atoms with Gasteiger partial charge in [-0.25, -0.2) is 0 Å². The van der Waals surface area contributed by atoms with Crippen LogP contribution in [0.3, 0.4) is 0 Å². The molecule has 0 bridgehead atoms. The summed E-state index contributed by atoms with van der Waals surface area (Å²) < 4.78 is 23.1. The van der Waals surface area contributed by atoms with E-state index in [9.17, 15) is 29.7 Å². The second-order valence-electron chi connectivity index (χ2n) is 20.4. The van der Waals surface area contributed by atoms with Gasteiger partial charge >= 0.3 is 11.9 Å². The van der Waals surface area contributed by atoms with Crippen molar-refractivity contribution in [3.63, 3.8) is 0 Å². The lowest BCUT2D eigenvalue weighted by Gasteiger charge is -2.40. The van der Waals surface area contributed by atoms with Crippen LogP contribution in [0.4, 0.5) is 0 Å². The van der Waals surface area contributed by atoms with Gasteiger partial charge in [-0.2, -0.15) is 0 Å². The van der Waals surface area contributed by atoms with Crippen LogP contribution in [0.25, 0.3) is 0 Å². The Kier molecular flexibility index (Phi) is 44.9. The Morgan fingerprint density at radius 2 is 0.765 bits per heavy atom. The number of aliphatic hydroxyl groups is 3. The molecule has 0 aliphatic carbocycles. The zero-order valence-corrected chi connectivity index (χ0v) is 44.5. The largest absolute Gasteiger partial charge is 0.462 e. The monoisotopic (exact) mass is 968 g/mol. The molecule has 1 fully saturated rings. The quantitative estimate of drug-likeness (QED) is 0.0341. The molecule has 11 heteroatoms. The molecular weight excluding hydrogens is 859 g/mol. The van der Waals surface area contributed by atoms with E-state index < -0.39 is 42.8 Å². The number of rotatable bonds is 50. The van der Waals surface area contributed by atoms with Gasteiger partial charge in [0.25, 0.3) is 0 Å². The molecule has 0 spiro atoms. The van der Waals surface area contributed by atoms with Crippen LogP contribution < -0.4 is 5.32 Å². The maximum Gasteiger partial charge on any atom is 0.306 e. The van der Waals surface area contributed by atoms with E-state index in [1.54, 1.807) is 0 Å². The Labute approximate surface area is 417 Å². The zero-order valence-electron chi connectivity index (χ0n) is 44.5. The van der Waals surface area contributed by atoms with E-state index in [0.717, 1.165) is 57.8 Å². The molecular formula is C57H109NO10. The van der Waals surface area contributed by atoms with Crippen molar-refractivity contribution in [1.29, 1.82) is 0 Å². The predicted octanol–water partition coefficient (Wildman–Crippen LogP) is 13.8. The number of amides is 1. The molecule has 11 nitrogen and oxygen atoms in total. The number of esters is 2. The van der Waals surface area contributed by atoms with Gasteiger partial charge < -0.3 is 39.6 Å². The van der Waals surface area contributed by atoms with Gasteiger partial charge in [0.1, 0.15) is 31.0 Å². The Balaban J connectivity index is 2.52. The number of nitrogens with one attached hydrogen (secondary N) is 1. The van der Waals surface area contributed by atoms with Crippen LogP contribution >= 0.6 is 0 Å². The number of hydrogen-bond donors (Lipinski definition) is 4. The normalized spacial score (nSPS) is 18.7. The van der Waals surface area contributed by atoms with Crippen molar-refractivity contribution in [3.05, 3.63) is 0 Å². The smallest absolute Gasteiger partial charge is 0.306 e. The van der Waals surface area contributed by atoms with Crippen LogP contribution in [0, 0.1) is 0 Å². The molecule has 0 aromatic carbocycles. The van der Waals surface area contributed by atoms with E-state index in [1.807, 2.05) is 0 Å². The summed E-state index contributed by atoms with van der Waals surface area (Å²) in [5, 5.41) is 35.0. The van der Waals surface area contributed by atoms with Crippen LogP contribution in [-0.2, 0) is 33.3 Å². The van der Waals surface area contributed by atoms with Gasteiger partial charge in [0.15, 0.2) is 12.4 Å². The SMILES string of the molecule is CCCCCCCCCCCCCCCC(=O)NC[C@H]1O[C@H](OC[C@@H](COC(=O)CCCCCCCCCCCCCCC)OC(=O)CCCCCCCCCCCCCCC)[C@H](O)[C@@H](O)[C@H]1O. The third-order valence-corrected chi connectivity index (χ3v) is 13.8. The number of carbonyl (C=O) groups is 3. The first-order chi connectivity index (χ1) is 33.2. The van der Waals surface area contributed by atoms with Crippen molar-refractivity contribution in [1.82, 2.24) is 5.32 Å². The van der Waals surface area contributed by atoms with Gasteiger partial charge in [-0.1, -0.05) is 252 Å². The Bertz CT molecular complexity index is 1140. The maximum absolute atomic E-state index is 13.0. The van der Waals surface area contributed by atoms with Crippen molar-refractivity contribution in [2.75, 3.05) is 19.8 Å². The molecule has 1 aliphatic heterocycles. The molecule has 0 unspecified atom stereocenters. The van der Waals surface area contributed by atoms with Crippen molar-refractivity contribution < 1.29 is 48.7 Å². The van der Waals surface area contributed by atoms with Crippen molar-refractivity contribution >= 4 is 17.8 Å². The zero-order chi connectivity index (χ0) is 49.6. The standard InChI is InChI=1S/C57H109NO10/c1-4-7-10-13-16-19-22-25-28-31-34-37-40-43-51(59)58-46-50-54(62)55(63)56(64)57(68-50)66-48-49(67-53(61)45-42-39-36-33-30-27-24-21-18-15-12-9-6-3)47-65-52(60)44-41-38-35-32-29-26-23-20-17-14-11-8-5-2/h49-50,54-57,62-64H,4-48H2,1-3H3,(H,58,59)/t49-,50-,54+,55+,56-,57+/m1/s1. The van der Waals surface area contributed by atoms with E-state index in [2.05, 4.69) is 26.1 Å². The summed E-state index contributed by atoms with van der Waals surface area (Å²) in [6, 6.07) is 0. The second kappa shape index (κ2) is 47.5. The first kappa shape index (κ1) is 64.2. The van der Waals surface area contributed by atoms with Gasteiger partial charge in [-0.05, 0) is 19.3 Å². The van der Waals surface area contributed by atoms with Crippen LogP contribution in [0.1, 0.15) is 290 Å². The van der Waals surface area contributed by atoms with Gasteiger partial charge in [-0.3, -0.25) is 14.4 Å². The summed E-state index contributed by atoms with van der Waals surface area (Å²) in [4.78, 5) is 38.5. The molecule has 1 aliphatic rings. The van der Waals surface area contributed by atoms with Crippen LogP contribution in [-0.4, -0.2) is 89.7 Å². The van der Waals surface area contributed by atoms with Crippen LogP contribution in [0.5, 0.6) is 0 Å². The van der Waals surface area contributed by atoms with Gasteiger partial charge in [0.05, 0.1) is 6.61 Å². The molecule has 4 N–H and O–H groups in total. The molecule has 68 heavy (non-hydrogen) atoms. The highest BCUT2D eigenvalue weighted by Gasteiger charge is 2.44. The fourth-order valence-electron chi connectivity index (χ4n) is 9.22. The lowest BCUT2D eigenvalue weighted by atomic mass is 9.98. The summed E-state index contributed by atoms with van der Waals surface area (Å²) in [5.74, 6) is -0.954. The average Bonchev–Trinajstić information content (AvgIpc) is 3.33. The molecule has 1 rings (SSSR count). The molecule has 1 saturated heterocycles. The lowest BCUT2D eigenvalue weighted by Crippen LogP contribution is -2.60. The van der Waals surface area contributed by atoms with Crippen molar-refractivity contribution in [2.24, 2.45) is 0 Å². The number of aliphatic hydroxyl groups excluding tert-OH is 3. The highest BCUT2D eigenvalue weighted by Crippen LogP contribution is 2.23. The Hall–Kier alpha value is -1.79. The topological polar surface area (TPSA) is 161 Å². The number of hydrogen-bond acceptors (Lipinski definition) is 10. The van der Waals surface area contributed by atoms with Gasteiger partial charge in [0, 0.05) is 25.8 Å². The molecule has 0 aromatic rings. The van der Waals surface area contributed by atoms with E-state index in [1.165, 1.54) is 186 Å². The molecule has 1 amide bonds. The Morgan fingerprint density at radius 3 is 1.15 bits per heavy atom. The van der Waals surface area contributed by atoms with Crippen molar-refractivity contribution in [3.8, 4) is 0 Å². The summed E-state index contributed by atoms with van der Waals surface area (Å²) in [5.41, 5.74) is 0. The molecule has 0 aromatic heterocycles. The molecule has 402 valence electrons.